The molecule has 0 atom stereocenters. The predicted octanol–water partition coefficient (Wildman–Crippen LogP) is 2.91. The second-order valence-electron chi connectivity index (χ2n) is 5.15. The predicted molar refractivity (Wildman–Crippen MR) is 103 cm³/mol. The summed E-state index contributed by atoms with van der Waals surface area (Å²) in [7, 11) is -2.42. The van der Waals surface area contributed by atoms with Crippen LogP contribution in [-0.2, 0) is 15.8 Å². The van der Waals surface area contributed by atoms with Crippen molar-refractivity contribution in [3.8, 4) is 0 Å². The lowest BCUT2D eigenvalue weighted by Crippen LogP contribution is -2.26. The molecule has 25 heavy (non-hydrogen) atoms. The Kier molecular flexibility index (Phi) is 7.31. The van der Waals surface area contributed by atoms with Gasteiger partial charge < -0.3 is 5.32 Å². The van der Waals surface area contributed by atoms with Crippen molar-refractivity contribution in [2.45, 2.75) is 10.6 Å². The lowest BCUT2D eigenvalue weighted by Gasteiger charge is -2.09. The van der Waals surface area contributed by atoms with Gasteiger partial charge in [-0.15, -0.1) is 0 Å². The first-order chi connectivity index (χ1) is 11.9. The third-order valence-corrected chi connectivity index (χ3v) is 6.32. The maximum atomic E-state index is 12.2. The SMILES string of the molecule is CNS(=O)(=O)c1cc(C(=O)NCCSCc2ccccc2)ccc1Cl. The van der Waals surface area contributed by atoms with E-state index in [-0.39, 0.29) is 21.4 Å². The van der Waals surface area contributed by atoms with E-state index in [0.717, 1.165) is 11.5 Å². The molecule has 0 saturated heterocycles. The van der Waals surface area contributed by atoms with Gasteiger partial charge >= 0.3 is 0 Å². The fourth-order valence-corrected chi connectivity index (χ4v) is 4.13. The summed E-state index contributed by atoms with van der Waals surface area (Å²) in [4.78, 5) is 12.1. The normalized spacial score (nSPS) is 11.3. The molecule has 0 aliphatic heterocycles. The highest BCUT2D eigenvalue weighted by Gasteiger charge is 2.18. The molecule has 0 radical (unpaired) electrons. The van der Waals surface area contributed by atoms with E-state index in [9.17, 15) is 13.2 Å². The maximum Gasteiger partial charge on any atom is 0.251 e. The highest BCUT2D eigenvalue weighted by molar-refractivity contribution is 7.98. The van der Waals surface area contributed by atoms with Gasteiger partial charge in [-0.2, -0.15) is 11.8 Å². The highest BCUT2D eigenvalue weighted by atomic mass is 35.5. The minimum atomic E-state index is -3.71. The summed E-state index contributed by atoms with van der Waals surface area (Å²) in [5.74, 6) is 1.31. The largest absolute Gasteiger partial charge is 0.351 e. The molecule has 0 bridgehead atoms. The number of benzene rings is 2. The number of amides is 1. The number of hydrogen-bond donors (Lipinski definition) is 2. The van der Waals surface area contributed by atoms with Crippen molar-refractivity contribution in [1.82, 2.24) is 10.0 Å². The molecule has 0 aliphatic carbocycles. The van der Waals surface area contributed by atoms with E-state index in [0.29, 0.717) is 6.54 Å². The Balaban J connectivity index is 1.88. The zero-order valence-electron chi connectivity index (χ0n) is 13.7. The molecule has 8 heteroatoms. The highest BCUT2D eigenvalue weighted by Crippen LogP contribution is 2.22. The average molecular weight is 399 g/mol. The fraction of sp³-hybridized carbons (Fsp3) is 0.235. The van der Waals surface area contributed by atoms with Gasteiger partial charge in [0, 0.05) is 23.6 Å². The van der Waals surface area contributed by atoms with Gasteiger partial charge in [0.2, 0.25) is 10.0 Å². The number of sulfonamides is 1. The molecule has 0 heterocycles. The van der Waals surface area contributed by atoms with Crippen molar-refractivity contribution in [2.75, 3.05) is 19.3 Å². The lowest BCUT2D eigenvalue weighted by molar-refractivity contribution is 0.0956. The molecular weight excluding hydrogens is 380 g/mol. The van der Waals surface area contributed by atoms with E-state index >= 15 is 0 Å². The summed E-state index contributed by atoms with van der Waals surface area (Å²) in [6, 6.07) is 14.3. The van der Waals surface area contributed by atoms with Crippen molar-refractivity contribution in [3.63, 3.8) is 0 Å². The zero-order valence-corrected chi connectivity index (χ0v) is 16.0. The van der Waals surface area contributed by atoms with Crippen LogP contribution in [-0.4, -0.2) is 33.7 Å². The Morgan fingerprint density at radius 1 is 1.16 bits per heavy atom. The number of nitrogens with one attached hydrogen (secondary N) is 2. The van der Waals surface area contributed by atoms with Gasteiger partial charge in [0.1, 0.15) is 4.90 Å². The molecule has 0 saturated carbocycles. The number of rotatable bonds is 8. The number of halogens is 1. The van der Waals surface area contributed by atoms with E-state index in [4.69, 9.17) is 11.6 Å². The first-order valence-electron chi connectivity index (χ1n) is 7.57. The van der Waals surface area contributed by atoms with Gasteiger partial charge in [-0.25, -0.2) is 13.1 Å². The fourth-order valence-electron chi connectivity index (χ4n) is 2.06. The Hall–Kier alpha value is -1.54. The summed E-state index contributed by atoms with van der Waals surface area (Å²) in [5.41, 5.74) is 1.49. The van der Waals surface area contributed by atoms with Gasteiger partial charge in [-0.3, -0.25) is 4.79 Å². The van der Waals surface area contributed by atoms with Gasteiger partial charge in [0.05, 0.1) is 5.02 Å². The number of thioether (sulfide) groups is 1. The van der Waals surface area contributed by atoms with Crippen molar-refractivity contribution in [3.05, 3.63) is 64.7 Å². The van der Waals surface area contributed by atoms with Crippen LogP contribution < -0.4 is 10.0 Å². The van der Waals surface area contributed by atoms with Crippen LogP contribution in [0.4, 0.5) is 0 Å². The second-order valence-corrected chi connectivity index (χ2v) is 8.51. The van der Waals surface area contributed by atoms with Gasteiger partial charge in [-0.05, 0) is 30.8 Å². The van der Waals surface area contributed by atoms with E-state index in [2.05, 4.69) is 22.2 Å². The number of hydrogen-bond acceptors (Lipinski definition) is 4. The topological polar surface area (TPSA) is 75.3 Å². The van der Waals surface area contributed by atoms with Crippen molar-refractivity contribution < 1.29 is 13.2 Å². The lowest BCUT2D eigenvalue weighted by atomic mass is 10.2. The molecule has 0 aliphatic rings. The van der Waals surface area contributed by atoms with Crippen molar-refractivity contribution in [1.29, 1.82) is 0 Å². The van der Waals surface area contributed by atoms with Crippen molar-refractivity contribution in [2.24, 2.45) is 0 Å². The molecule has 0 aromatic heterocycles. The molecule has 2 aromatic rings. The van der Waals surface area contributed by atoms with Gasteiger partial charge in [-0.1, -0.05) is 41.9 Å². The quantitative estimate of drug-likeness (QED) is 0.670. The molecule has 1 amide bonds. The Morgan fingerprint density at radius 2 is 1.88 bits per heavy atom. The van der Waals surface area contributed by atoms with Crippen LogP contribution in [0.15, 0.2) is 53.4 Å². The summed E-state index contributed by atoms with van der Waals surface area (Å²) >= 11 is 7.63. The molecule has 5 nitrogen and oxygen atoms in total. The van der Waals surface area contributed by atoms with Gasteiger partial charge in [0.25, 0.3) is 5.91 Å². The Bertz CT molecular complexity index is 827. The Labute approximate surface area is 157 Å². The minimum absolute atomic E-state index is 0.0734. The van der Waals surface area contributed by atoms with E-state index in [1.54, 1.807) is 11.8 Å². The minimum Gasteiger partial charge on any atom is -0.351 e. The van der Waals surface area contributed by atoms with Crippen LogP contribution in [0, 0.1) is 0 Å². The third-order valence-electron chi connectivity index (χ3n) is 3.40. The van der Waals surface area contributed by atoms with Crippen LogP contribution in [0.2, 0.25) is 5.02 Å². The molecule has 2 aromatic carbocycles. The molecule has 2 rings (SSSR count). The Morgan fingerprint density at radius 3 is 2.56 bits per heavy atom. The molecule has 2 N–H and O–H groups in total. The first-order valence-corrected chi connectivity index (χ1v) is 10.6. The standard InChI is InChI=1S/C17H19ClN2O3S2/c1-19-25(22,23)16-11-14(7-8-15(16)18)17(21)20-9-10-24-12-13-5-3-2-4-6-13/h2-8,11,19H,9-10,12H2,1H3,(H,20,21). The smallest absolute Gasteiger partial charge is 0.251 e. The summed E-state index contributed by atoms with van der Waals surface area (Å²) < 4.78 is 26.0. The van der Waals surface area contributed by atoms with Crippen molar-refractivity contribution >= 4 is 39.3 Å². The number of carbonyl (C=O) groups is 1. The summed E-state index contributed by atoms with van der Waals surface area (Å²) in [6.45, 7) is 0.493. The summed E-state index contributed by atoms with van der Waals surface area (Å²) in [6.07, 6.45) is 0. The van der Waals surface area contributed by atoms with E-state index in [1.165, 1.54) is 30.8 Å². The van der Waals surface area contributed by atoms with Crippen LogP contribution >= 0.6 is 23.4 Å². The summed E-state index contributed by atoms with van der Waals surface area (Å²) in [5, 5.41) is 2.86. The van der Waals surface area contributed by atoms with Gasteiger partial charge in [0.15, 0.2) is 0 Å². The van der Waals surface area contributed by atoms with Crippen LogP contribution in [0.5, 0.6) is 0 Å². The van der Waals surface area contributed by atoms with E-state index in [1.807, 2.05) is 18.2 Å². The molecule has 134 valence electrons. The molecule has 0 spiro atoms. The van der Waals surface area contributed by atoms with E-state index < -0.39 is 10.0 Å². The first kappa shape index (κ1) is 19.8. The molecular formula is C17H19ClN2O3S2. The van der Waals surface area contributed by atoms with Crippen LogP contribution in [0.1, 0.15) is 15.9 Å². The van der Waals surface area contributed by atoms with Crippen LogP contribution in [0.25, 0.3) is 0 Å². The zero-order chi connectivity index (χ0) is 18.3. The monoisotopic (exact) mass is 398 g/mol. The second kappa shape index (κ2) is 9.24. The maximum absolute atomic E-state index is 12.2. The average Bonchev–Trinajstić information content (AvgIpc) is 2.62. The third kappa shape index (κ3) is 5.74. The molecule has 0 unspecified atom stereocenters. The number of carbonyl (C=O) groups excluding carboxylic acids is 1. The van der Waals surface area contributed by atoms with Crippen LogP contribution in [0.3, 0.4) is 0 Å². The molecule has 0 fully saturated rings.